The molecule has 0 aliphatic heterocycles. The van der Waals surface area contributed by atoms with E-state index in [9.17, 15) is 0 Å². The average molecular weight is 202 g/mol. The van der Waals surface area contributed by atoms with Gasteiger partial charge < -0.3 is 10.3 Å². The van der Waals surface area contributed by atoms with Crippen molar-refractivity contribution in [3.63, 3.8) is 0 Å². The molecule has 1 heterocycles. The lowest BCUT2D eigenvalue weighted by molar-refractivity contribution is 0.781. The SMILES string of the molecule is CNCCc1cc2cc(C)cc(C)c2[nH]1. The van der Waals surface area contributed by atoms with Gasteiger partial charge in [-0.2, -0.15) is 0 Å². The van der Waals surface area contributed by atoms with Crippen molar-refractivity contribution < 1.29 is 0 Å². The van der Waals surface area contributed by atoms with Crippen LogP contribution in [-0.4, -0.2) is 18.6 Å². The maximum atomic E-state index is 3.49. The summed E-state index contributed by atoms with van der Waals surface area (Å²) in [6.45, 7) is 5.32. The van der Waals surface area contributed by atoms with Gasteiger partial charge in [0.25, 0.3) is 0 Å². The van der Waals surface area contributed by atoms with Crippen LogP contribution < -0.4 is 5.32 Å². The largest absolute Gasteiger partial charge is 0.358 e. The Morgan fingerprint density at radius 1 is 1.20 bits per heavy atom. The van der Waals surface area contributed by atoms with Crippen molar-refractivity contribution in [2.24, 2.45) is 0 Å². The molecular formula is C13H18N2. The molecule has 0 fully saturated rings. The second-order valence-corrected chi connectivity index (χ2v) is 4.19. The Morgan fingerprint density at radius 3 is 2.73 bits per heavy atom. The van der Waals surface area contributed by atoms with Gasteiger partial charge in [0.1, 0.15) is 0 Å². The molecule has 0 bridgehead atoms. The van der Waals surface area contributed by atoms with E-state index in [-0.39, 0.29) is 0 Å². The molecule has 2 N–H and O–H groups in total. The molecule has 0 saturated carbocycles. The average Bonchev–Trinajstić information content (AvgIpc) is 2.57. The standard InChI is InChI=1S/C13H18N2/c1-9-6-10(2)13-11(7-9)8-12(15-13)4-5-14-3/h6-8,14-15H,4-5H2,1-3H3. The first kappa shape index (κ1) is 10.2. The van der Waals surface area contributed by atoms with Gasteiger partial charge in [-0.3, -0.25) is 0 Å². The molecule has 0 aliphatic rings. The first-order chi connectivity index (χ1) is 7.20. The highest BCUT2D eigenvalue weighted by Gasteiger charge is 2.03. The number of hydrogen-bond donors (Lipinski definition) is 2. The molecular weight excluding hydrogens is 184 g/mol. The van der Waals surface area contributed by atoms with Crippen LogP contribution in [-0.2, 0) is 6.42 Å². The summed E-state index contributed by atoms with van der Waals surface area (Å²) in [4.78, 5) is 3.49. The summed E-state index contributed by atoms with van der Waals surface area (Å²) in [5, 5.41) is 4.50. The first-order valence-corrected chi connectivity index (χ1v) is 5.44. The number of nitrogens with one attached hydrogen (secondary N) is 2. The minimum atomic E-state index is 1.02. The molecule has 80 valence electrons. The van der Waals surface area contributed by atoms with Crippen LogP contribution in [0.4, 0.5) is 0 Å². The van der Waals surface area contributed by atoms with Crippen molar-refractivity contribution in [1.82, 2.24) is 10.3 Å². The van der Waals surface area contributed by atoms with E-state index in [1.165, 1.54) is 27.7 Å². The van der Waals surface area contributed by atoms with Gasteiger partial charge in [0.15, 0.2) is 0 Å². The summed E-state index contributed by atoms with van der Waals surface area (Å²) in [5.74, 6) is 0. The Kier molecular flexibility index (Phi) is 2.78. The lowest BCUT2D eigenvalue weighted by atomic mass is 10.1. The zero-order valence-electron chi connectivity index (χ0n) is 9.65. The monoisotopic (exact) mass is 202 g/mol. The highest BCUT2D eigenvalue weighted by Crippen LogP contribution is 2.21. The fourth-order valence-electron chi connectivity index (χ4n) is 2.06. The molecule has 2 heteroatoms. The van der Waals surface area contributed by atoms with Gasteiger partial charge in [0, 0.05) is 23.1 Å². The predicted octanol–water partition coefficient (Wildman–Crippen LogP) is 2.55. The number of aryl methyl sites for hydroxylation is 2. The fourth-order valence-corrected chi connectivity index (χ4v) is 2.06. The molecule has 15 heavy (non-hydrogen) atoms. The van der Waals surface area contributed by atoms with Crippen LogP contribution in [0.5, 0.6) is 0 Å². The van der Waals surface area contributed by atoms with Gasteiger partial charge in [-0.05, 0) is 45.0 Å². The smallest absolute Gasteiger partial charge is 0.0485 e. The number of rotatable bonds is 3. The van der Waals surface area contributed by atoms with Crippen LogP contribution >= 0.6 is 0 Å². The van der Waals surface area contributed by atoms with E-state index in [1.54, 1.807) is 0 Å². The minimum absolute atomic E-state index is 1.02. The molecule has 1 aromatic heterocycles. The lowest BCUT2D eigenvalue weighted by Gasteiger charge is -1.98. The molecule has 0 saturated heterocycles. The lowest BCUT2D eigenvalue weighted by Crippen LogP contribution is -2.10. The molecule has 0 aliphatic carbocycles. The Morgan fingerprint density at radius 2 is 2.00 bits per heavy atom. The predicted molar refractivity (Wildman–Crippen MR) is 65.4 cm³/mol. The third-order valence-corrected chi connectivity index (χ3v) is 2.77. The van der Waals surface area contributed by atoms with Gasteiger partial charge in [0.05, 0.1) is 0 Å². The molecule has 0 unspecified atom stereocenters. The summed E-state index contributed by atoms with van der Waals surface area (Å²) < 4.78 is 0. The highest BCUT2D eigenvalue weighted by atomic mass is 14.8. The van der Waals surface area contributed by atoms with Crippen molar-refractivity contribution in [3.8, 4) is 0 Å². The van der Waals surface area contributed by atoms with Crippen molar-refractivity contribution >= 4 is 10.9 Å². The van der Waals surface area contributed by atoms with Crippen molar-refractivity contribution in [2.75, 3.05) is 13.6 Å². The van der Waals surface area contributed by atoms with Crippen LogP contribution in [0.15, 0.2) is 18.2 Å². The second-order valence-electron chi connectivity index (χ2n) is 4.19. The zero-order chi connectivity index (χ0) is 10.8. The van der Waals surface area contributed by atoms with Crippen molar-refractivity contribution in [1.29, 1.82) is 0 Å². The third kappa shape index (κ3) is 2.05. The van der Waals surface area contributed by atoms with Gasteiger partial charge in [0.2, 0.25) is 0 Å². The van der Waals surface area contributed by atoms with Crippen LogP contribution in [0.3, 0.4) is 0 Å². The van der Waals surface area contributed by atoms with E-state index in [1.807, 2.05) is 7.05 Å². The molecule has 0 spiro atoms. The molecule has 2 nitrogen and oxygen atoms in total. The van der Waals surface area contributed by atoms with E-state index in [2.05, 4.69) is 42.3 Å². The second kappa shape index (κ2) is 4.07. The third-order valence-electron chi connectivity index (χ3n) is 2.77. The molecule has 2 aromatic rings. The zero-order valence-corrected chi connectivity index (χ0v) is 9.65. The van der Waals surface area contributed by atoms with Crippen molar-refractivity contribution in [2.45, 2.75) is 20.3 Å². The van der Waals surface area contributed by atoms with Gasteiger partial charge in [-0.25, -0.2) is 0 Å². The van der Waals surface area contributed by atoms with E-state index in [0.717, 1.165) is 13.0 Å². The number of fused-ring (bicyclic) bond motifs is 1. The maximum Gasteiger partial charge on any atom is 0.0485 e. The van der Waals surface area contributed by atoms with Crippen LogP contribution in [0.25, 0.3) is 10.9 Å². The van der Waals surface area contributed by atoms with Crippen LogP contribution in [0.2, 0.25) is 0 Å². The number of hydrogen-bond acceptors (Lipinski definition) is 1. The topological polar surface area (TPSA) is 27.8 Å². The fraction of sp³-hybridized carbons (Fsp3) is 0.385. The van der Waals surface area contributed by atoms with E-state index in [0.29, 0.717) is 0 Å². The van der Waals surface area contributed by atoms with E-state index < -0.39 is 0 Å². The summed E-state index contributed by atoms with van der Waals surface area (Å²) in [6, 6.07) is 6.72. The Balaban J connectivity index is 2.41. The number of benzene rings is 1. The molecule has 2 rings (SSSR count). The Labute approximate surface area is 90.7 Å². The quantitative estimate of drug-likeness (QED) is 0.786. The normalized spacial score (nSPS) is 11.1. The molecule has 0 radical (unpaired) electrons. The highest BCUT2D eigenvalue weighted by molar-refractivity contribution is 5.84. The van der Waals surface area contributed by atoms with Crippen LogP contribution in [0, 0.1) is 13.8 Å². The van der Waals surface area contributed by atoms with Gasteiger partial charge in [-0.15, -0.1) is 0 Å². The van der Waals surface area contributed by atoms with Gasteiger partial charge >= 0.3 is 0 Å². The maximum absolute atomic E-state index is 3.49. The summed E-state index contributed by atoms with van der Waals surface area (Å²) in [5.41, 5.74) is 5.26. The molecule has 0 amide bonds. The summed E-state index contributed by atoms with van der Waals surface area (Å²) >= 11 is 0. The number of aromatic amines is 1. The number of likely N-dealkylation sites (N-methyl/N-ethyl adjacent to an activating group) is 1. The minimum Gasteiger partial charge on any atom is -0.358 e. The molecule has 1 aromatic carbocycles. The summed E-state index contributed by atoms with van der Waals surface area (Å²) in [6.07, 6.45) is 1.06. The first-order valence-electron chi connectivity index (χ1n) is 5.44. The number of aromatic nitrogens is 1. The van der Waals surface area contributed by atoms with Gasteiger partial charge in [-0.1, -0.05) is 11.6 Å². The Hall–Kier alpha value is -1.28. The Bertz CT molecular complexity index is 469. The van der Waals surface area contributed by atoms with E-state index >= 15 is 0 Å². The van der Waals surface area contributed by atoms with E-state index in [4.69, 9.17) is 0 Å². The molecule has 0 atom stereocenters. The summed E-state index contributed by atoms with van der Waals surface area (Å²) in [7, 11) is 1.98. The van der Waals surface area contributed by atoms with Crippen LogP contribution in [0.1, 0.15) is 16.8 Å². The number of H-pyrrole nitrogens is 1. The van der Waals surface area contributed by atoms with Crippen molar-refractivity contribution in [3.05, 3.63) is 35.0 Å².